The molecule has 0 atom stereocenters. The van der Waals surface area contributed by atoms with Crippen LogP contribution >= 0.6 is 0 Å². The number of rotatable bonds is 7. The van der Waals surface area contributed by atoms with Crippen molar-refractivity contribution in [3.05, 3.63) is 11.9 Å². The summed E-state index contributed by atoms with van der Waals surface area (Å²) in [5, 5.41) is 2.16. The number of aryl methyl sites for hydroxylation is 1. The monoisotopic (exact) mass is 281 g/mol. The normalized spacial score (nSPS) is 11.7. The topological polar surface area (TPSA) is 75.9 Å². The van der Waals surface area contributed by atoms with Crippen molar-refractivity contribution in [1.82, 2.24) is 9.97 Å². The van der Waals surface area contributed by atoms with Crippen molar-refractivity contribution in [3.63, 3.8) is 0 Å². The van der Waals surface area contributed by atoms with Gasteiger partial charge in [-0.3, -0.25) is 0 Å². The lowest BCUT2D eigenvalue weighted by atomic mass is 10.3. The van der Waals surface area contributed by atoms with Crippen molar-refractivity contribution >= 4 is 11.6 Å². The van der Waals surface area contributed by atoms with E-state index in [9.17, 15) is 17.6 Å². The van der Waals surface area contributed by atoms with Gasteiger partial charge in [0, 0.05) is 12.5 Å². The Balaban J connectivity index is 2.80. The molecule has 0 aliphatic rings. The van der Waals surface area contributed by atoms with Crippen LogP contribution in [0.15, 0.2) is 6.07 Å². The fourth-order valence-corrected chi connectivity index (χ4v) is 1.28. The summed E-state index contributed by atoms with van der Waals surface area (Å²) in [6.45, 7) is 0.682. The highest BCUT2D eigenvalue weighted by Gasteiger charge is 2.40. The number of halogens is 4. The molecule has 0 spiro atoms. The van der Waals surface area contributed by atoms with Crippen molar-refractivity contribution in [2.45, 2.75) is 32.1 Å². The third-order valence-electron chi connectivity index (χ3n) is 2.22. The molecule has 9 heteroatoms. The van der Waals surface area contributed by atoms with E-state index < -0.39 is 18.9 Å². The zero-order chi connectivity index (χ0) is 14.5. The summed E-state index contributed by atoms with van der Waals surface area (Å²) >= 11 is 0. The summed E-state index contributed by atoms with van der Waals surface area (Å²) in [4.78, 5) is 7.94. The number of alkyl halides is 4. The van der Waals surface area contributed by atoms with Crippen LogP contribution in [0.5, 0.6) is 0 Å². The summed E-state index contributed by atoms with van der Waals surface area (Å²) in [7, 11) is 0. The van der Waals surface area contributed by atoms with Gasteiger partial charge in [0.05, 0.1) is 6.54 Å². The Labute approximate surface area is 107 Å². The summed E-state index contributed by atoms with van der Waals surface area (Å²) in [5.41, 5.74) is 2.26. The zero-order valence-electron chi connectivity index (χ0n) is 10.3. The minimum absolute atomic E-state index is 0.0201. The van der Waals surface area contributed by atoms with E-state index in [1.165, 1.54) is 6.07 Å². The maximum atomic E-state index is 12.8. The number of hydrazine groups is 1. The molecule has 0 aliphatic carbocycles. The van der Waals surface area contributed by atoms with Gasteiger partial charge in [0.25, 0.3) is 0 Å². The van der Waals surface area contributed by atoms with E-state index >= 15 is 0 Å². The number of nitrogens with one attached hydrogen (secondary N) is 2. The molecule has 0 radical (unpaired) electrons. The van der Waals surface area contributed by atoms with Gasteiger partial charge in [0.1, 0.15) is 17.5 Å². The largest absolute Gasteiger partial charge is 0.364 e. The van der Waals surface area contributed by atoms with Crippen LogP contribution in [0, 0.1) is 0 Å². The molecule has 108 valence electrons. The summed E-state index contributed by atoms with van der Waals surface area (Å²) in [5.74, 6) is 1.69. The molecule has 0 saturated carbocycles. The Morgan fingerprint density at radius 1 is 1.32 bits per heavy atom. The Morgan fingerprint density at radius 3 is 2.47 bits per heavy atom. The smallest absolute Gasteiger partial charge is 0.324 e. The standard InChI is InChI=1S/C10H15F4N5/c1-2-3-6-17-7(4-8(18-6)19-15)16-5-10(13,14)9(11)12/h4,9H,2-3,5,15H2,1H3,(H2,16,17,18,19). The molecule has 0 amide bonds. The van der Waals surface area contributed by atoms with E-state index in [2.05, 4.69) is 20.7 Å². The molecule has 0 fully saturated rings. The fraction of sp³-hybridized carbons (Fsp3) is 0.600. The van der Waals surface area contributed by atoms with Gasteiger partial charge >= 0.3 is 12.3 Å². The van der Waals surface area contributed by atoms with Crippen molar-refractivity contribution in [3.8, 4) is 0 Å². The minimum atomic E-state index is -4.12. The first-order valence-electron chi connectivity index (χ1n) is 5.63. The van der Waals surface area contributed by atoms with Crippen LogP contribution in [0.1, 0.15) is 19.2 Å². The van der Waals surface area contributed by atoms with Crippen LogP contribution in [0.4, 0.5) is 29.2 Å². The van der Waals surface area contributed by atoms with E-state index in [0.29, 0.717) is 12.2 Å². The van der Waals surface area contributed by atoms with Gasteiger partial charge < -0.3 is 10.7 Å². The second-order valence-electron chi connectivity index (χ2n) is 3.86. The van der Waals surface area contributed by atoms with Crippen LogP contribution in [0.2, 0.25) is 0 Å². The lowest BCUT2D eigenvalue weighted by molar-refractivity contribution is -0.117. The highest BCUT2D eigenvalue weighted by molar-refractivity contribution is 5.47. The Morgan fingerprint density at radius 2 is 1.95 bits per heavy atom. The predicted molar refractivity (Wildman–Crippen MR) is 63.3 cm³/mol. The first-order chi connectivity index (χ1) is 8.89. The van der Waals surface area contributed by atoms with Gasteiger partial charge in [-0.05, 0) is 6.42 Å². The average molecular weight is 281 g/mol. The van der Waals surface area contributed by atoms with Crippen LogP contribution in [-0.2, 0) is 6.42 Å². The Bertz CT molecular complexity index is 413. The van der Waals surface area contributed by atoms with Gasteiger partial charge in [-0.25, -0.2) is 24.6 Å². The first kappa shape index (κ1) is 15.4. The maximum absolute atomic E-state index is 12.8. The third kappa shape index (κ3) is 4.51. The SMILES string of the molecule is CCCc1nc(NN)cc(NCC(F)(F)C(F)F)n1. The van der Waals surface area contributed by atoms with Gasteiger partial charge in [0.2, 0.25) is 0 Å². The first-order valence-corrected chi connectivity index (χ1v) is 5.63. The van der Waals surface area contributed by atoms with Crippen LogP contribution in [0.3, 0.4) is 0 Å². The number of aromatic nitrogens is 2. The quantitative estimate of drug-likeness (QED) is 0.405. The summed E-state index contributed by atoms with van der Waals surface area (Å²) < 4.78 is 49.5. The fourth-order valence-electron chi connectivity index (χ4n) is 1.28. The molecule has 0 unspecified atom stereocenters. The molecule has 19 heavy (non-hydrogen) atoms. The third-order valence-corrected chi connectivity index (χ3v) is 2.22. The molecule has 0 bridgehead atoms. The number of nitrogen functional groups attached to an aromatic ring is 1. The molecule has 0 saturated heterocycles. The Hall–Kier alpha value is -1.64. The zero-order valence-corrected chi connectivity index (χ0v) is 10.3. The van der Waals surface area contributed by atoms with Gasteiger partial charge in [-0.2, -0.15) is 8.78 Å². The molecular formula is C10H15F4N5. The molecule has 1 heterocycles. The number of nitrogens with zero attached hydrogens (tertiary/aromatic N) is 2. The van der Waals surface area contributed by atoms with Crippen molar-refractivity contribution < 1.29 is 17.6 Å². The van der Waals surface area contributed by atoms with E-state index in [1.54, 1.807) is 0 Å². The van der Waals surface area contributed by atoms with Crippen molar-refractivity contribution in [2.24, 2.45) is 5.84 Å². The highest BCUT2D eigenvalue weighted by Crippen LogP contribution is 2.23. The number of hydrogen-bond acceptors (Lipinski definition) is 5. The number of anilines is 2. The summed E-state index contributed by atoms with van der Waals surface area (Å²) in [6.07, 6.45) is -2.46. The molecule has 1 aromatic rings. The van der Waals surface area contributed by atoms with Crippen molar-refractivity contribution in [2.75, 3.05) is 17.3 Å². The lowest BCUT2D eigenvalue weighted by Gasteiger charge is -2.16. The van der Waals surface area contributed by atoms with Gasteiger partial charge in [0.15, 0.2) is 0 Å². The molecule has 0 aromatic carbocycles. The summed E-state index contributed by atoms with van der Waals surface area (Å²) in [6, 6.07) is 1.26. The van der Waals surface area contributed by atoms with E-state index in [1.807, 2.05) is 6.92 Å². The molecular weight excluding hydrogens is 266 g/mol. The Kier molecular flexibility index (Phi) is 5.28. The average Bonchev–Trinajstić information content (AvgIpc) is 2.36. The predicted octanol–water partition coefficient (Wildman–Crippen LogP) is 2.03. The molecule has 1 rings (SSSR count). The van der Waals surface area contributed by atoms with Gasteiger partial charge in [-0.15, -0.1) is 0 Å². The molecule has 1 aromatic heterocycles. The number of hydrogen-bond donors (Lipinski definition) is 3. The maximum Gasteiger partial charge on any atom is 0.324 e. The minimum Gasteiger partial charge on any atom is -0.364 e. The second kappa shape index (κ2) is 6.50. The highest BCUT2D eigenvalue weighted by atomic mass is 19.3. The van der Waals surface area contributed by atoms with Crippen LogP contribution in [0.25, 0.3) is 0 Å². The second-order valence-corrected chi connectivity index (χ2v) is 3.86. The van der Waals surface area contributed by atoms with Gasteiger partial charge in [-0.1, -0.05) is 6.92 Å². The van der Waals surface area contributed by atoms with Crippen LogP contribution in [-0.4, -0.2) is 28.9 Å². The van der Waals surface area contributed by atoms with E-state index in [0.717, 1.165) is 6.42 Å². The van der Waals surface area contributed by atoms with E-state index in [-0.39, 0.29) is 11.6 Å². The van der Waals surface area contributed by atoms with Crippen LogP contribution < -0.4 is 16.6 Å². The number of nitrogens with two attached hydrogens (primary N) is 1. The molecule has 5 nitrogen and oxygen atoms in total. The lowest BCUT2D eigenvalue weighted by Crippen LogP contribution is -2.35. The van der Waals surface area contributed by atoms with Crippen molar-refractivity contribution in [1.29, 1.82) is 0 Å². The molecule has 4 N–H and O–H groups in total. The van der Waals surface area contributed by atoms with E-state index in [4.69, 9.17) is 5.84 Å². The molecule has 0 aliphatic heterocycles.